The van der Waals surface area contributed by atoms with Crippen LogP contribution < -0.4 is 21.1 Å². The van der Waals surface area contributed by atoms with Crippen LogP contribution in [0.15, 0.2) is 66.1 Å². The number of nitrogens with two attached hydrogens (primary N) is 1. The first-order chi connectivity index (χ1) is 15.0. The van der Waals surface area contributed by atoms with E-state index in [0.29, 0.717) is 16.5 Å². The van der Waals surface area contributed by atoms with Crippen LogP contribution in [0.1, 0.15) is 5.56 Å². The molecule has 8 nitrogen and oxygen atoms in total. The Bertz CT molecular complexity index is 1100. The van der Waals surface area contributed by atoms with Gasteiger partial charge < -0.3 is 21.1 Å². The number of allylic oxidation sites excluding steroid dienone is 1. The predicted octanol–water partition coefficient (Wildman–Crippen LogP) is 4.34. The second-order valence-corrected chi connectivity index (χ2v) is 6.89. The van der Waals surface area contributed by atoms with Gasteiger partial charge in [0.1, 0.15) is 17.2 Å². The molecule has 0 aromatic heterocycles. The lowest BCUT2D eigenvalue weighted by molar-refractivity contribution is -0.137. The van der Waals surface area contributed by atoms with E-state index in [1.165, 1.54) is 42.5 Å². The second-order valence-electron chi connectivity index (χ2n) is 6.48. The number of hydrogen-bond donors (Lipinski definition) is 4. The minimum absolute atomic E-state index is 0.00463. The van der Waals surface area contributed by atoms with Crippen LogP contribution in [0.5, 0.6) is 5.75 Å². The maximum absolute atomic E-state index is 12.9. The molecule has 1 aliphatic rings. The molecule has 0 unspecified atom stereocenters. The molecular formula is C20H16ClF3N4O4. The molecule has 0 radical (unpaired) electrons. The van der Waals surface area contributed by atoms with Crippen molar-refractivity contribution in [3.05, 3.63) is 76.7 Å². The molecule has 0 aliphatic carbocycles. The Balaban J connectivity index is 1.62. The first kappa shape index (κ1) is 23.0. The van der Waals surface area contributed by atoms with Crippen molar-refractivity contribution in [1.29, 1.82) is 0 Å². The molecule has 3 rings (SSSR count). The molecule has 32 heavy (non-hydrogen) atoms. The van der Waals surface area contributed by atoms with Gasteiger partial charge in [0.2, 0.25) is 0 Å². The highest BCUT2D eigenvalue weighted by molar-refractivity contribution is 6.31. The molecule has 1 aliphatic heterocycles. The third kappa shape index (κ3) is 5.71. The summed E-state index contributed by atoms with van der Waals surface area (Å²) in [5.74, 6) is -0.178. The van der Waals surface area contributed by atoms with Crippen LogP contribution >= 0.6 is 11.6 Å². The number of nitrogens with zero attached hydrogens (tertiary/aromatic N) is 1. The number of alkyl halides is 3. The van der Waals surface area contributed by atoms with Crippen molar-refractivity contribution in [2.75, 3.05) is 17.2 Å². The third-order valence-corrected chi connectivity index (χ3v) is 4.48. The summed E-state index contributed by atoms with van der Waals surface area (Å²) < 4.78 is 44.4. The maximum atomic E-state index is 12.9. The summed E-state index contributed by atoms with van der Waals surface area (Å²) in [7, 11) is 0. The predicted molar refractivity (Wildman–Crippen MR) is 110 cm³/mol. The molecule has 0 saturated carbocycles. The van der Waals surface area contributed by atoms with E-state index >= 15 is 0 Å². The number of rotatable bonds is 5. The molecule has 0 saturated heterocycles. The number of halogens is 4. The molecule has 2 aromatic carbocycles. The summed E-state index contributed by atoms with van der Waals surface area (Å²) in [6.45, 7) is 0.00463. The van der Waals surface area contributed by atoms with E-state index in [9.17, 15) is 28.0 Å². The van der Waals surface area contributed by atoms with Crippen molar-refractivity contribution >= 4 is 34.9 Å². The molecule has 0 atom stereocenters. The van der Waals surface area contributed by atoms with Crippen LogP contribution in [0.25, 0.3) is 0 Å². The topological polar surface area (TPSA) is 117 Å². The van der Waals surface area contributed by atoms with Gasteiger partial charge >= 0.3 is 12.2 Å². The van der Waals surface area contributed by atoms with E-state index < -0.39 is 28.7 Å². The molecule has 5 N–H and O–H groups in total. The number of carbonyl (C=O) groups excluding carboxylic acids is 2. The summed E-state index contributed by atoms with van der Waals surface area (Å²) in [5, 5.41) is 14.6. The number of ether oxygens (including phenoxy) is 1. The zero-order valence-corrected chi connectivity index (χ0v) is 16.9. The Morgan fingerprint density at radius 1 is 1.09 bits per heavy atom. The summed E-state index contributed by atoms with van der Waals surface area (Å²) in [6.07, 6.45) is -1.86. The number of hydroxylamine groups is 2. The van der Waals surface area contributed by atoms with E-state index in [-0.39, 0.29) is 23.7 Å². The van der Waals surface area contributed by atoms with Gasteiger partial charge in [-0.05, 0) is 48.5 Å². The van der Waals surface area contributed by atoms with Crippen LogP contribution in [0.4, 0.5) is 29.3 Å². The van der Waals surface area contributed by atoms with Crippen LogP contribution in [-0.2, 0) is 11.0 Å². The van der Waals surface area contributed by atoms with Gasteiger partial charge in [-0.15, -0.1) is 0 Å². The summed E-state index contributed by atoms with van der Waals surface area (Å²) >= 11 is 5.56. The summed E-state index contributed by atoms with van der Waals surface area (Å²) in [6, 6.07) is 8.29. The normalized spacial score (nSPS) is 13.7. The first-order valence-corrected chi connectivity index (χ1v) is 9.31. The van der Waals surface area contributed by atoms with Crippen molar-refractivity contribution in [2.45, 2.75) is 6.18 Å². The lowest BCUT2D eigenvalue weighted by Crippen LogP contribution is -2.31. The van der Waals surface area contributed by atoms with Gasteiger partial charge in [-0.25, -0.2) is 9.86 Å². The van der Waals surface area contributed by atoms with E-state index in [1.807, 2.05) is 0 Å². The minimum Gasteiger partial charge on any atom is -0.458 e. The molecular weight excluding hydrogens is 453 g/mol. The van der Waals surface area contributed by atoms with Gasteiger partial charge in [-0.1, -0.05) is 11.6 Å². The molecule has 2 aromatic rings. The Kier molecular flexibility index (Phi) is 6.61. The number of urea groups is 1. The van der Waals surface area contributed by atoms with Crippen molar-refractivity contribution in [3.63, 3.8) is 0 Å². The number of amides is 3. The van der Waals surface area contributed by atoms with E-state index in [0.717, 1.165) is 12.1 Å². The number of benzene rings is 2. The van der Waals surface area contributed by atoms with Gasteiger partial charge in [0.25, 0.3) is 5.91 Å². The van der Waals surface area contributed by atoms with Crippen molar-refractivity contribution in [1.82, 2.24) is 5.06 Å². The van der Waals surface area contributed by atoms with Crippen molar-refractivity contribution in [3.8, 4) is 5.75 Å². The zero-order valence-electron chi connectivity index (χ0n) is 16.1. The molecule has 0 spiro atoms. The highest BCUT2D eigenvalue weighted by atomic mass is 35.5. The fourth-order valence-electron chi connectivity index (χ4n) is 2.67. The standard InChI is InChI=1S/C20H16ClF3N4O4/c21-16-6-3-12(9-15(16)20(22,23)24)27-19(30)26-11-1-4-13(5-2-11)32-14-7-8-28(31)17(10-14)18(25)29/h1-7,9-10,31H,8H2,(H2,25,29)(H2,26,27,30). The van der Waals surface area contributed by atoms with Gasteiger partial charge in [0.15, 0.2) is 0 Å². The monoisotopic (exact) mass is 468 g/mol. The fraction of sp³-hybridized carbons (Fsp3) is 0.100. The Labute approximate surface area is 184 Å². The second kappa shape index (κ2) is 9.20. The molecule has 168 valence electrons. The van der Waals surface area contributed by atoms with Crippen LogP contribution in [0, 0.1) is 0 Å². The van der Waals surface area contributed by atoms with Gasteiger partial charge in [-0.3, -0.25) is 10.0 Å². The maximum Gasteiger partial charge on any atom is 0.417 e. The van der Waals surface area contributed by atoms with Crippen LogP contribution in [0.2, 0.25) is 5.02 Å². The van der Waals surface area contributed by atoms with Gasteiger partial charge in [-0.2, -0.15) is 13.2 Å². The lowest BCUT2D eigenvalue weighted by Gasteiger charge is -2.21. The number of hydrogen-bond acceptors (Lipinski definition) is 5. The lowest BCUT2D eigenvalue weighted by atomic mass is 10.2. The SMILES string of the molecule is NC(=O)C1=CC(Oc2ccc(NC(=O)Nc3ccc(Cl)c(C(F)(F)F)c3)cc2)=CCN1O. The number of anilines is 2. The van der Waals surface area contributed by atoms with Gasteiger partial charge in [0, 0.05) is 17.5 Å². The molecule has 0 fully saturated rings. The summed E-state index contributed by atoms with van der Waals surface area (Å²) in [4.78, 5) is 23.4. The quantitative estimate of drug-likeness (QED) is 0.521. The zero-order chi connectivity index (χ0) is 23.5. The highest BCUT2D eigenvalue weighted by Gasteiger charge is 2.33. The fourth-order valence-corrected chi connectivity index (χ4v) is 2.89. The number of carbonyl (C=O) groups is 2. The van der Waals surface area contributed by atoms with E-state index in [4.69, 9.17) is 22.1 Å². The average molecular weight is 469 g/mol. The summed E-state index contributed by atoms with van der Waals surface area (Å²) in [5.41, 5.74) is 4.23. The van der Waals surface area contributed by atoms with Gasteiger partial charge in [0.05, 0.1) is 17.1 Å². The minimum atomic E-state index is -4.66. The number of primary amides is 1. The molecule has 0 bridgehead atoms. The van der Waals surface area contributed by atoms with Crippen LogP contribution in [0.3, 0.4) is 0 Å². The number of nitrogens with one attached hydrogen (secondary N) is 2. The highest BCUT2D eigenvalue weighted by Crippen LogP contribution is 2.36. The smallest absolute Gasteiger partial charge is 0.417 e. The first-order valence-electron chi connectivity index (χ1n) is 8.93. The largest absolute Gasteiger partial charge is 0.458 e. The Hall–Kier alpha value is -3.70. The van der Waals surface area contributed by atoms with Crippen LogP contribution in [-0.4, -0.2) is 28.8 Å². The van der Waals surface area contributed by atoms with Crippen molar-refractivity contribution in [2.24, 2.45) is 5.73 Å². The van der Waals surface area contributed by atoms with E-state index in [2.05, 4.69) is 10.6 Å². The molecule has 3 amide bonds. The molecule has 12 heteroatoms. The molecule has 1 heterocycles. The Morgan fingerprint density at radius 2 is 1.72 bits per heavy atom. The van der Waals surface area contributed by atoms with Crippen molar-refractivity contribution < 1.29 is 32.7 Å². The third-order valence-electron chi connectivity index (χ3n) is 4.15. The average Bonchev–Trinajstić information content (AvgIpc) is 2.71. The van der Waals surface area contributed by atoms with E-state index in [1.54, 1.807) is 0 Å². The Morgan fingerprint density at radius 3 is 2.34 bits per heavy atom.